The summed E-state index contributed by atoms with van der Waals surface area (Å²) < 4.78 is 38.3. The molecule has 0 radical (unpaired) electrons. The lowest BCUT2D eigenvalue weighted by Crippen LogP contribution is -2.22. The smallest absolute Gasteiger partial charge is 0.306 e. The van der Waals surface area contributed by atoms with Gasteiger partial charge in [0, 0.05) is 11.1 Å². The van der Waals surface area contributed by atoms with Crippen LogP contribution in [0.3, 0.4) is 0 Å². The van der Waals surface area contributed by atoms with Gasteiger partial charge in [-0.05, 0) is 43.7 Å². The molecule has 21 heavy (non-hydrogen) atoms. The fourth-order valence-electron chi connectivity index (χ4n) is 2.26. The lowest BCUT2D eigenvalue weighted by Gasteiger charge is -2.20. The molecular weight excluding hydrogens is 297 g/mol. The molecule has 6 heteroatoms. The molecule has 0 aliphatic rings. The molecule has 1 aromatic heterocycles. The molecule has 1 aromatic carbocycles. The fourth-order valence-corrected chi connectivity index (χ4v) is 3.14. The van der Waals surface area contributed by atoms with E-state index in [9.17, 15) is 13.2 Å². The highest BCUT2D eigenvalue weighted by molar-refractivity contribution is 7.11. The van der Waals surface area contributed by atoms with Gasteiger partial charge in [0.15, 0.2) is 0 Å². The van der Waals surface area contributed by atoms with E-state index in [4.69, 9.17) is 0 Å². The average molecular weight is 314 g/mol. The maximum atomic E-state index is 12.8. The third-order valence-corrected chi connectivity index (χ3v) is 4.22. The van der Waals surface area contributed by atoms with Crippen molar-refractivity contribution in [2.24, 2.45) is 0 Å². The molecule has 2 aromatic rings. The van der Waals surface area contributed by atoms with Gasteiger partial charge in [0.25, 0.3) is 0 Å². The van der Waals surface area contributed by atoms with Gasteiger partial charge in [-0.3, -0.25) is 0 Å². The molecule has 0 bridgehead atoms. The lowest BCUT2D eigenvalue weighted by molar-refractivity contribution is -0.137. The third kappa shape index (κ3) is 3.63. The Hall–Kier alpha value is -1.40. The SMILES string of the molecule is CCNC(c1cnc(C)s1)c1ccc(C(F)(F)F)cc1C. The van der Waals surface area contributed by atoms with E-state index in [0.717, 1.165) is 28.1 Å². The fraction of sp³-hybridized carbons (Fsp3) is 0.400. The normalized spacial score (nSPS) is 13.4. The first-order valence-electron chi connectivity index (χ1n) is 6.66. The summed E-state index contributed by atoms with van der Waals surface area (Å²) in [5.41, 5.74) is 0.870. The van der Waals surface area contributed by atoms with Crippen LogP contribution in [0.15, 0.2) is 24.4 Å². The van der Waals surface area contributed by atoms with Gasteiger partial charge in [-0.25, -0.2) is 4.98 Å². The van der Waals surface area contributed by atoms with Crippen molar-refractivity contribution in [3.63, 3.8) is 0 Å². The van der Waals surface area contributed by atoms with E-state index in [0.29, 0.717) is 5.56 Å². The molecule has 0 amide bonds. The van der Waals surface area contributed by atoms with Crippen molar-refractivity contribution >= 4 is 11.3 Å². The molecule has 2 rings (SSSR count). The van der Waals surface area contributed by atoms with Crippen LogP contribution in [0.4, 0.5) is 13.2 Å². The maximum Gasteiger partial charge on any atom is 0.416 e. The molecule has 1 unspecified atom stereocenters. The Labute approximate surface area is 126 Å². The number of hydrogen-bond donors (Lipinski definition) is 1. The van der Waals surface area contributed by atoms with E-state index in [1.807, 2.05) is 13.8 Å². The van der Waals surface area contributed by atoms with Crippen LogP contribution in [0.5, 0.6) is 0 Å². The first kappa shape index (κ1) is 16.0. The third-order valence-electron chi connectivity index (χ3n) is 3.24. The van der Waals surface area contributed by atoms with Crippen LogP contribution in [0, 0.1) is 13.8 Å². The van der Waals surface area contributed by atoms with Crippen molar-refractivity contribution < 1.29 is 13.2 Å². The number of halogens is 3. The Morgan fingerprint density at radius 2 is 2.00 bits per heavy atom. The minimum atomic E-state index is -4.31. The Kier molecular flexibility index (Phi) is 4.68. The molecule has 2 nitrogen and oxygen atoms in total. The second kappa shape index (κ2) is 6.15. The number of nitrogens with one attached hydrogen (secondary N) is 1. The number of thiazole rings is 1. The number of alkyl halides is 3. The van der Waals surface area contributed by atoms with Crippen molar-refractivity contribution in [2.75, 3.05) is 6.54 Å². The summed E-state index contributed by atoms with van der Waals surface area (Å²) in [6.45, 7) is 6.32. The Morgan fingerprint density at radius 1 is 1.29 bits per heavy atom. The first-order valence-corrected chi connectivity index (χ1v) is 7.48. The standard InChI is InChI=1S/C15H17F3N2S/c1-4-19-14(13-8-20-10(3)21-13)12-6-5-11(7-9(12)2)15(16,17)18/h5-8,14,19H,4H2,1-3H3. The van der Waals surface area contributed by atoms with Crippen LogP contribution in [0.2, 0.25) is 0 Å². The van der Waals surface area contributed by atoms with Gasteiger partial charge in [0.1, 0.15) is 0 Å². The van der Waals surface area contributed by atoms with Gasteiger partial charge in [-0.1, -0.05) is 13.0 Å². The van der Waals surface area contributed by atoms with Crippen LogP contribution >= 0.6 is 11.3 Å². The van der Waals surface area contributed by atoms with E-state index >= 15 is 0 Å². The van der Waals surface area contributed by atoms with Crippen molar-refractivity contribution in [3.8, 4) is 0 Å². The van der Waals surface area contributed by atoms with Crippen LogP contribution in [-0.4, -0.2) is 11.5 Å². The van der Waals surface area contributed by atoms with Crippen molar-refractivity contribution in [1.29, 1.82) is 0 Å². The summed E-state index contributed by atoms with van der Waals surface area (Å²) in [7, 11) is 0. The monoisotopic (exact) mass is 314 g/mol. The lowest BCUT2D eigenvalue weighted by atomic mass is 9.98. The van der Waals surface area contributed by atoms with E-state index in [2.05, 4.69) is 10.3 Å². The number of aromatic nitrogens is 1. The molecule has 0 saturated heterocycles. The van der Waals surface area contributed by atoms with Crippen LogP contribution in [-0.2, 0) is 6.18 Å². The molecule has 1 atom stereocenters. The van der Waals surface area contributed by atoms with Gasteiger partial charge >= 0.3 is 6.18 Å². The number of hydrogen-bond acceptors (Lipinski definition) is 3. The van der Waals surface area contributed by atoms with E-state index in [-0.39, 0.29) is 6.04 Å². The number of benzene rings is 1. The Balaban J connectivity index is 2.42. The minimum Gasteiger partial charge on any atom is -0.306 e. The average Bonchev–Trinajstić information content (AvgIpc) is 2.82. The Bertz CT molecular complexity index is 620. The van der Waals surface area contributed by atoms with Crippen LogP contribution in [0.1, 0.15) is 39.5 Å². The van der Waals surface area contributed by atoms with Gasteiger partial charge < -0.3 is 5.32 Å². The molecule has 0 spiro atoms. The number of aryl methyl sites for hydroxylation is 2. The second-order valence-electron chi connectivity index (χ2n) is 4.84. The molecule has 0 aliphatic heterocycles. The first-order chi connectivity index (χ1) is 9.82. The zero-order valence-corrected chi connectivity index (χ0v) is 12.9. The molecule has 1 heterocycles. The van der Waals surface area contributed by atoms with Crippen LogP contribution in [0.25, 0.3) is 0 Å². The van der Waals surface area contributed by atoms with E-state index in [1.54, 1.807) is 30.5 Å². The van der Waals surface area contributed by atoms with Gasteiger partial charge in [0.05, 0.1) is 16.6 Å². The van der Waals surface area contributed by atoms with Crippen molar-refractivity contribution in [3.05, 3.63) is 51.0 Å². The molecular formula is C15H17F3N2S. The largest absolute Gasteiger partial charge is 0.416 e. The minimum absolute atomic E-state index is 0.122. The predicted molar refractivity (Wildman–Crippen MR) is 78.6 cm³/mol. The summed E-state index contributed by atoms with van der Waals surface area (Å²) in [5.74, 6) is 0. The number of nitrogens with zero attached hydrogens (tertiary/aromatic N) is 1. The highest BCUT2D eigenvalue weighted by Crippen LogP contribution is 2.34. The topological polar surface area (TPSA) is 24.9 Å². The van der Waals surface area contributed by atoms with E-state index < -0.39 is 11.7 Å². The molecule has 114 valence electrons. The Morgan fingerprint density at radius 3 is 2.48 bits per heavy atom. The van der Waals surface area contributed by atoms with Crippen LogP contribution < -0.4 is 5.32 Å². The molecule has 0 fully saturated rings. The zero-order chi connectivity index (χ0) is 15.6. The summed E-state index contributed by atoms with van der Waals surface area (Å²) in [6.07, 6.45) is -2.53. The highest BCUT2D eigenvalue weighted by atomic mass is 32.1. The van der Waals surface area contributed by atoms with Crippen molar-refractivity contribution in [1.82, 2.24) is 10.3 Å². The predicted octanol–water partition coefficient (Wildman–Crippen LogP) is 4.48. The second-order valence-corrected chi connectivity index (χ2v) is 6.11. The summed E-state index contributed by atoms with van der Waals surface area (Å²) >= 11 is 1.55. The van der Waals surface area contributed by atoms with Gasteiger partial charge in [0.2, 0.25) is 0 Å². The van der Waals surface area contributed by atoms with Crippen molar-refractivity contribution in [2.45, 2.75) is 33.0 Å². The summed E-state index contributed by atoms with van der Waals surface area (Å²) in [4.78, 5) is 5.24. The van der Waals surface area contributed by atoms with E-state index in [1.165, 1.54) is 6.07 Å². The molecule has 0 saturated carbocycles. The van der Waals surface area contributed by atoms with Gasteiger partial charge in [-0.15, -0.1) is 11.3 Å². The molecule has 1 N–H and O–H groups in total. The quantitative estimate of drug-likeness (QED) is 0.900. The summed E-state index contributed by atoms with van der Waals surface area (Å²) in [6, 6.07) is 3.78. The zero-order valence-electron chi connectivity index (χ0n) is 12.1. The summed E-state index contributed by atoms with van der Waals surface area (Å²) in [5, 5.41) is 4.26. The van der Waals surface area contributed by atoms with Gasteiger partial charge in [-0.2, -0.15) is 13.2 Å². The maximum absolute atomic E-state index is 12.8. The highest BCUT2D eigenvalue weighted by Gasteiger charge is 2.31. The number of rotatable bonds is 4. The molecule has 0 aliphatic carbocycles.